The number of aliphatic carboxylic acids is 1. The standard InChI is InChI=1S/C24H31N3O4.C21H26BrN3O4.C21H27N3O4.C12H14BrNO3.C12H10BrNO2.C11H14BrNO2.C9H10BrNO2/c1-5-30-22(28)19-14-17-8-9-20(21(16-6-7-16)18(17)15-25-19)26-10-12-27(13-11-26)23(29)31-24(2,3)4;1-5-28-19(26)16-12-14-6-7-17(18(22)15(14)13-23-16)24-8-10-25(11-9-24)20(27)29-21(2,3)4;1-5-27-19(25)18-13-15-6-7-17(12-16(15)14-22-18)23-8-10-24(11-9-23)20(26)28-21(2,3)4;1-2-17-12(16)11(14-8-15)7-9-3-5-10(13)6-4-9;1-2-16-12(15)11-6-8-3-4-10(13)5-9(8)7-14-11;1-2-15-11(14)10(13)7-8-3-5-9(12)6-4-8;10-7-3-1-6(2-4-7)5-8(11)9(12)13/h8-9,14-16H,5-7,10-13H2,1-4H3;6-7,12-13H,5,8-11H2,1-4H3;6-7,12-14H,5,8-11H2,1-4H3;3-6,8,11H,2,7H2,1H3,(H,14,15);3-7H,2H2,1H3;3-6,10H,2,7,13H2,1H3;1-4,8H,5,11H2,(H,12,13). The molecule has 4 fully saturated rings. The summed E-state index contributed by atoms with van der Waals surface area (Å²) in [5.74, 6) is -2.81. The number of nitrogens with one attached hydrogen (secondary N) is 1. The molecule has 3 aliphatic heterocycles. The second-order valence-corrected chi connectivity index (χ2v) is 42.0. The van der Waals surface area contributed by atoms with Gasteiger partial charge in [-0.25, -0.2) is 58.3 Å². The number of rotatable bonds is 25. The number of carboxylic acid groups (broad SMARTS) is 1. The summed E-state index contributed by atoms with van der Waals surface area (Å²) in [6, 6.07) is 47.8. The molecule has 4 amide bonds. The molecule has 1 saturated carbocycles. The van der Waals surface area contributed by atoms with Crippen LogP contribution in [-0.2, 0) is 81.1 Å². The largest absolute Gasteiger partial charge is 0.480 e. The number of carbonyl (C=O) groups excluding carboxylic acids is 10. The summed E-state index contributed by atoms with van der Waals surface area (Å²) >= 11 is 17.0. The Balaban J connectivity index is 0.000000198. The van der Waals surface area contributed by atoms with Gasteiger partial charge in [-0.1, -0.05) is 124 Å². The average molecular weight is 2370 g/mol. The van der Waals surface area contributed by atoms with Crippen LogP contribution in [0.25, 0.3) is 43.1 Å². The van der Waals surface area contributed by atoms with E-state index in [-0.39, 0.29) is 36.2 Å². The van der Waals surface area contributed by atoms with Crippen molar-refractivity contribution >= 4 is 206 Å². The topological polar surface area (TPSA) is 426 Å². The van der Waals surface area contributed by atoms with E-state index >= 15 is 0 Å². The van der Waals surface area contributed by atoms with Crippen molar-refractivity contribution in [3.63, 3.8) is 0 Å². The molecular weight excluding hydrogens is 2240 g/mol. The molecule has 7 aromatic carbocycles. The first-order valence-electron chi connectivity index (χ1n) is 49.2. The van der Waals surface area contributed by atoms with Gasteiger partial charge in [-0.2, -0.15) is 0 Å². The molecule has 7 heterocycles. The number of hydrogen-bond acceptors (Lipinski definition) is 29. The van der Waals surface area contributed by atoms with Gasteiger partial charge < -0.3 is 93.9 Å². The number of carbonyl (C=O) groups is 11. The molecule has 1 aliphatic carbocycles. The highest BCUT2D eigenvalue weighted by atomic mass is 79.9. The molecule has 0 radical (unpaired) electrons. The van der Waals surface area contributed by atoms with Crippen LogP contribution in [-0.4, -0.2) is 259 Å². The van der Waals surface area contributed by atoms with Gasteiger partial charge in [-0.3, -0.25) is 14.4 Å². The lowest BCUT2D eigenvalue weighted by molar-refractivity contribution is -0.146. The van der Waals surface area contributed by atoms with Gasteiger partial charge >= 0.3 is 60.1 Å². The highest BCUT2D eigenvalue weighted by Gasteiger charge is 2.35. The Hall–Kier alpha value is -12.5. The minimum Gasteiger partial charge on any atom is -0.480 e. The molecule has 149 heavy (non-hydrogen) atoms. The first kappa shape index (κ1) is 120. The molecule has 34 nitrogen and oxygen atoms in total. The Kier molecular flexibility index (Phi) is 46.7. The third kappa shape index (κ3) is 38.5. The summed E-state index contributed by atoms with van der Waals surface area (Å²) in [6.45, 7) is 37.6. The van der Waals surface area contributed by atoms with E-state index in [2.05, 4.69) is 138 Å². The third-order valence-corrected chi connectivity index (χ3v) is 25.6. The van der Waals surface area contributed by atoms with Crippen molar-refractivity contribution in [1.82, 2.24) is 40.0 Å². The summed E-state index contributed by atoms with van der Waals surface area (Å²) < 4.78 is 51.0. The Morgan fingerprint density at radius 1 is 0.376 bits per heavy atom. The number of carboxylic acids is 1. The number of esters is 6. The fourth-order valence-electron chi connectivity index (χ4n) is 15.4. The van der Waals surface area contributed by atoms with E-state index in [0.29, 0.717) is 146 Å². The quantitative estimate of drug-likeness (QED) is 0.0234. The van der Waals surface area contributed by atoms with Crippen LogP contribution in [0.1, 0.15) is 187 Å². The van der Waals surface area contributed by atoms with E-state index in [0.717, 1.165) is 120 Å². The number of aromatic nitrogens is 4. The van der Waals surface area contributed by atoms with Crippen molar-refractivity contribution < 1.29 is 100 Å². The lowest BCUT2D eigenvalue weighted by atomic mass is 9.98. The molecule has 0 spiro atoms. The first-order valence-corrected chi connectivity index (χ1v) is 53.1. The number of nitrogens with zero attached hydrogens (tertiary/aromatic N) is 10. The summed E-state index contributed by atoms with van der Waals surface area (Å²) in [7, 11) is 0. The molecule has 798 valence electrons. The van der Waals surface area contributed by atoms with Gasteiger partial charge in [0.1, 0.15) is 57.7 Å². The van der Waals surface area contributed by atoms with Crippen LogP contribution in [0.2, 0.25) is 0 Å². The molecule has 39 heteroatoms. The molecule has 3 saturated heterocycles. The second kappa shape index (κ2) is 58.0. The lowest BCUT2D eigenvalue weighted by Gasteiger charge is -2.37. The fourth-order valence-corrected chi connectivity index (χ4v) is 17.3. The van der Waals surface area contributed by atoms with Crippen molar-refractivity contribution in [2.75, 3.05) is 133 Å². The zero-order valence-corrected chi connectivity index (χ0v) is 94.5. The summed E-state index contributed by atoms with van der Waals surface area (Å²) in [4.78, 5) is 157. The normalized spacial score (nSPS) is 14.0. The number of halogens is 5. The van der Waals surface area contributed by atoms with E-state index < -0.39 is 58.8 Å². The van der Waals surface area contributed by atoms with E-state index in [4.69, 9.17) is 59.2 Å². The highest BCUT2D eigenvalue weighted by Crippen LogP contribution is 2.48. The van der Waals surface area contributed by atoms with Gasteiger partial charge in [-0.15, -0.1) is 0 Å². The minimum atomic E-state index is -0.970. The van der Waals surface area contributed by atoms with Crippen molar-refractivity contribution in [2.45, 2.75) is 177 Å². The van der Waals surface area contributed by atoms with Crippen LogP contribution < -0.4 is 31.5 Å². The Morgan fingerprint density at radius 2 is 0.705 bits per heavy atom. The number of pyridine rings is 4. The third-order valence-electron chi connectivity index (χ3n) is 22.7. The number of fused-ring (bicyclic) bond motifs is 4. The van der Waals surface area contributed by atoms with Crippen LogP contribution in [0.5, 0.6) is 0 Å². The second-order valence-electron chi connectivity index (χ2n) is 37.5. The van der Waals surface area contributed by atoms with E-state index in [9.17, 15) is 52.7 Å². The van der Waals surface area contributed by atoms with Crippen LogP contribution >= 0.6 is 79.6 Å². The van der Waals surface area contributed by atoms with E-state index in [1.165, 1.54) is 24.1 Å². The van der Waals surface area contributed by atoms with Gasteiger partial charge in [-0.05, 0) is 292 Å². The number of anilines is 3. The smallest absolute Gasteiger partial charge is 0.410 e. The van der Waals surface area contributed by atoms with Crippen molar-refractivity contribution in [2.24, 2.45) is 11.5 Å². The molecule has 11 aromatic rings. The van der Waals surface area contributed by atoms with Crippen molar-refractivity contribution in [3.8, 4) is 0 Å². The zero-order chi connectivity index (χ0) is 109. The van der Waals surface area contributed by atoms with Crippen molar-refractivity contribution in [1.29, 1.82) is 0 Å². The number of hydrogen-bond donors (Lipinski definition) is 4. The van der Waals surface area contributed by atoms with Crippen molar-refractivity contribution in [3.05, 3.63) is 250 Å². The van der Waals surface area contributed by atoms with Crippen LogP contribution in [0.3, 0.4) is 0 Å². The van der Waals surface area contributed by atoms with Crippen LogP contribution in [0.15, 0.2) is 205 Å². The predicted octanol–water partition coefficient (Wildman–Crippen LogP) is 20.2. The van der Waals surface area contributed by atoms with Gasteiger partial charge in [0.05, 0.1) is 49.8 Å². The number of nitrogens with two attached hydrogens (primary N) is 2. The van der Waals surface area contributed by atoms with Crippen LogP contribution in [0, 0.1) is 0 Å². The van der Waals surface area contributed by atoms with Gasteiger partial charge in [0.25, 0.3) is 0 Å². The van der Waals surface area contributed by atoms with Gasteiger partial charge in [0.15, 0.2) is 0 Å². The predicted molar refractivity (Wildman–Crippen MR) is 592 cm³/mol. The molecule has 6 N–H and O–H groups in total. The first-order chi connectivity index (χ1) is 70.8. The summed E-state index contributed by atoms with van der Waals surface area (Å²) in [5.41, 5.74) is 18.4. The van der Waals surface area contributed by atoms with Gasteiger partial charge in [0.2, 0.25) is 6.41 Å². The van der Waals surface area contributed by atoms with E-state index in [1.54, 1.807) is 93.0 Å². The Labute approximate surface area is 911 Å². The lowest BCUT2D eigenvalue weighted by Crippen LogP contribution is -2.50. The Bertz CT molecular complexity index is 6390. The van der Waals surface area contributed by atoms with E-state index in [1.807, 2.05) is 190 Å². The molecule has 3 unspecified atom stereocenters. The maximum Gasteiger partial charge on any atom is 0.410 e. The molecule has 4 aromatic heterocycles. The zero-order valence-electron chi connectivity index (χ0n) is 86.6. The summed E-state index contributed by atoms with van der Waals surface area (Å²) in [5, 5.41) is 18.8. The number of amides is 4. The highest BCUT2D eigenvalue weighted by molar-refractivity contribution is 9.11. The Morgan fingerprint density at radius 3 is 1.09 bits per heavy atom. The average Bonchev–Trinajstić information content (AvgIpc) is 1.67. The SMILES string of the molecule is CCOC(=O)C(Cc1ccc(Br)cc1)NC=O.CCOC(=O)C(N)Cc1ccc(Br)cc1.CCOC(=O)c1cc2ccc(Br)cc2cn1.CCOC(=O)c1cc2ccc(N3CCN(C(=O)OC(C)(C)C)CC3)c(Br)c2cn1.CCOC(=O)c1cc2ccc(N3CCN(C(=O)OC(C)(C)C)CC3)c(C3CC3)c2cn1.CCOC(=O)c1cc2ccc(N3CCN(C(=O)OC(C)(C)C)CC3)cc2cn1.NC(Cc1ccc(Br)cc1)C(=O)O. The number of ether oxygens (including phenoxy) is 9. The summed E-state index contributed by atoms with van der Waals surface area (Å²) in [6.07, 6.45) is 10.2. The molecule has 15 rings (SSSR count). The van der Waals surface area contributed by atoms with Crippen LogP contribution in [0.4, 0.5) is 31.4 Å². The number of benzene rings is 7. The maximum atomic E-state index is 12.4. The van der Waals surface area contributed by atoms with Gasteiger partial charge in [0, 0.05) is 161 Å². The molecule has 0 bridgehead atoms. The fraction of sp³-hybridized carbons (Fsp3) is 0.409. The molecule has 4 aliphatic rings. The maximum absolute atomic E-state index is 12.4. The molecular formula is C110H132Br5N13O21. The minimum absolute atomic E-state index is 0.247. The number of piperazine rings is 3. The molecule has 3 atom stereocenters. The monoisotopic (exact) mass is 2370 g/mol.